The van der Waals surface area contributed by atoms with Gasteiger partial charge in [-0.2, -0.15) is 0 Å². The molecule has 6 nitrogen and oxygen atoms in total. The first-order valence-corrected chi connectivity index (χ1v) is 6.21. The normalized spacial score (nSPS) is 12.5. The van der Waals surface area contributed by atoms with E-state index in [1.807, 2.05) is 18.2 Å². The summed E-state index contributed by atoms with van der Waals surface area (Å²) < 4.78 is 15.5. The minimum absolute atomic E-state index is 0.205. The number of fused-ring (bicyclic) bond motifs is 1. The van der Waals surface area contributed by atoms with Gasteiger partial charge >= 0.3 is 0 Å². The lowest BCUT2D eigenvalue weighted by molar-refractivity contribution is 0.0743. The van der Waals surface area contributed by atoms with Crippen LogP contribution in [0.3, 0.4) is 0 Å². The van der Waals surface area contributed by atoms with E-state index in [4.69, 9.17) is 14.0 Å². The Morgan fingerprint density at radius 1 is 1.30 bits per heavy atom. The minimum Gasteiger partial charge on any atom is -0.454 e. The SMILES string of the molecule is Cc1cc(C(=O)N(C)Cc2ccc3c(c2)OCO3)on1. The number of benzene rings is 1. The molecule has 0 aliphatic carbocycles. The molecule has 1 amide bonds. The summed E-state index contributed by atoms with van der Waals surface area (Å²) in [5, 5.41) is 3.72. The molecule has 1 aliphatic heterocycles. The smallest absolute Gasteiger partial charge is 0.292 e. The van der Waals surface area contributed by atoms with Crippen LogP contribution in [0.2, 0.25) is 0 Å². The first-order chi connectivity index (χ1) is 9.63. The first-order valence-electron chi connectivity index (χ1n) is 6.21. The van der Waals surface area contributed by atoms with E-state index < -0.39 is 0 Å². The third kappa shape index (κ3) is 2.32. The molecule has 0 atom stereocenters. The molecule has 0 radical (unpaired) electrons. The number of rotatable bonds is 3. The van der Waals surface area contributed by atoms with Gasteiger partial charge in [-0.3, -0.25) is 4.79 Å². The second kappa shape index (κ2) is 4.88. The van der Waals surface area contributed by atoms with Crippen LogP contribution in [0.25, 0.3) is 0 Å². The lowest BCUT2D eigenvalue weighted by Gasteiger charge is -2.15. The van der Waals surface area contributed by atoms with Crippen LogP contribution in [0.15, 0.2) is 28.8 Å². The Kier molecular flexibility index (Phi) is 3.06. The van der Waals surface area contributed by atoms with Gasteiger partial charge < -0.3 is 18.9 Å². The van der Waals surface area contributed by atoms with Crippen molar-refractivity contribution in [3.05, 3.63) is 41.3 Å². The summed E-state index contributed by atoms with van der Waals surface area (Å²) in [6, 6.07) is 7.24. The van der Waals surface area contributed by atoms with Crippen molar-refractivity contribution >= 4 is 5.91 Å². The topological polar surface area (TPSA) is 64.8 Å². The predicted molar refractivity (Wildman–Crippen MR) is 69.6 cm³/mol. The highest BCUT2D eigenvalue weighted by Gasteiger charge is 2.18. The Bertz CT molecular complexity index is 650. The van der Waals surface area contributed by atoms with E-state index in [0.717, 1.165) is 11.3 Å². The second-order valence-corrected chi connectivity index (χ2v) is 4.68. The van der Waals surface area contributed by atoms with Gasteiger partial charge in [0, 0.05) is 19.7 Å². The molecule has 1 aromatic carbocycles. The number of hydrogen-bond acceptors (Lipinski definition) is 5. The molecule has 6 heteroatoms. The van der Waals surface area contributed by atoms with E-state index >= 15 is 0 Å². The van der Waals surface area contributed by atoms with E-state index in [1.165, 1.54) is 0 Å². The number of hydrogen-bond donors (Lipinski definition) is 0. The highest BCUT2D eigenvalue weighted by molar-refractivity contribution is 5.91. The third-order valence-electron chi connectivity index (χ3n) is 3.04. The van der Waals surface area contributed by atoms with Crippen molar-refractivity contribution in [3.63, 3.8) is 0 Å². The summed E-state index contributed by atoms with van der Waals surface area (Å²) in [6.45, 7) is 2.47. The number of nitrogens with zero attached hydrogens (tertiary/aromatic N) is 2. The molecule has 1 aliphatic rings. The number of amides is 1. The molecule has 0 unspecified atom stereocenters. The number of ether oxygens (including phenoxy) is 2. The monoisotopic (exact) mass is 274 g/mol. The summed E-state index contributed by atoms with van der Waals surface area (Å²) in [6.07, 6.45) is 0. The number of aromatic nitrogens is 1. The Morgan fingerprint density at radius 2 is 2.10 bits per heavy atom. The summed E-state index contributed by atoms with van der Waals surface area (Å²) in [5.41, 5.74) is 1.64. The largest absolute Gasteiger partial charge is 0.454 e. The molecule has 20 heavy (non-hydrogen) atoms. The van der Waals surface area contributed by atoms with Crippen LogP contribution in [0.1, 0.15) is 21.8 Å². The molecule has 3 rings (SSSR count). The molecule has 0 saturated heterocycles. The van der Waals surface area contributed by atoms with Crippen molar-refractivity contribution < 1.29 is 18.8 Å². The molecule has 0 bridgehead atoms. The van der Waals surface area contributed by atoms with Gasteiger partial charge in [-0.05, 0) is 24.6 Å². The van der Waals surface area contributed by atoms with Crippen LogP contribution in [-0.4, -0.2) is 29.8 Å². The fourth-order valence-corrected chi connectivity index (χ4v) is 2.04. The molecule has 2 aromatic rings. The lowest BCUT2D eigenvalue weighted by Crippen LogP contribution is -2.25. The maximum Gasteiger partial charge on any atom is 0.292 e. The quantitative estimate of drug-likeness (QED) is 0.856. The second-order valence-electron chi connectivity index (χ2n) is 4.68. The zero-order chi connectivity index (χ0) is 14.1. The standard InChI is InChI=1S/C14H14N2O4/c1-9-5-13(20-15-9)14(17)16(2)7-10-3-4-11-12(6-10)19-8-18-11/h3-6H,7-8H2,1-2H3. The Morgan fingerprint density at radius 3 is 2.85 bits per heavy atom. The van der Waals surface area contributed by atoms with Gasteiger partial charge in [0.15, 0.2) is 11.5 Å². The van der Waals surface area contributed by atoms with E-state index in [1.54, 1.807) is 24.9 Å². The molecule has 2 heterocycles. The van der Waals surface area contributed by atoms with Gasteiger partial charge in [-0.25, -0.2) is 0 Å². The van der Waals surface area contributed by atoms with Crippen molar-refractivity contribution in [2.24, 2.45) is 0 Å². The van der Waals surface area contributed by atoms with Crippen LogP contribution >= 0.6 is 0 Å². The van der Waals surface area contributed by atoms with Crippen molar-refractivity contribution in [2.75, 3.05) is 13.8 Å². The van der Waals surface area contributed by atoms with Crippen molar-refractivity contribution in [1.82, 2.24) is 10.1 Å². The molecule has 104 valence electrons. The van der Waals surface area contributed by atoms with E-state index in [9.17, 15) is 4.79 Å². The lowest BCUT2D eigenvalue weighted by atomic mass is 10.2. The Balaban J connectivity index is 1.72. The average molecular weight is 274 g/mol. The Hall–Kier alpha value is -2.50. The molecule has 0 spiro atoms. The van der Waals surface area contributed by atoms with Crippen LogP contribution in [0.5, 0.6) is 11.5 Å². The predicted octanol–water partition coefficient (Wildman–Crippen LogP) is 1.98. The van der Waals surface area contributed by atoms with Gasteiger partial charge in [0.1, 0.15) is 0 Å². The van der Waals surface area contributed by atoms with Crippen LogP contribution in [0, 0.1) is 6.92 Å². The van der Waals surface area contributed by atoms with Gasteiger partial charge in [0.05, 0.1) is 5.69 Å². The number of carbonyl (C=O) groups excluding carboxylic acids is 1. The van der Waals surface area contributed by atoms with Crippen LogP contribution in [-0.2, 0) is 6.54 Å². The molecule has 0 fully saturated rings. The van der Waals surface area contributed by atoms with Crippen molar-refractivity contribution in [2.45, 2.75) is 13.5 Å². The van der Waals surface area contributed by atoms with E-state index in [2.05, 4.69) is 5.16 Å². The molecule has 1 aromatic heterocycles. The summed E-state index contributed by atoms with van der Waals surface area (Å²) in [7, 11) is 1.71. The fourth-order valence-electron chi connectivity index (χ4n) is 2.04. The van der Waals surface area contributed by atoms with Gasteiger partial charge in [-0.1, -0.05) is 11.2 Å². The van der Waals surface area contributed by atoms with E-state index in [-0.39, 0.29) is 18.5 Å². The molecular formula is C14H14N2O4. The highest BCUT2D eigenvalue weighted by Crippen LogP contribution is 2.32. The third-order valence-corrected chi connectivity index (χ3v) is 3.04. The highest BCUT2D eigenvalue weighted by atomic mass is 16.7. The molecule has 0 saturated carbocycles. The zero-order valence-corrected chi connectivity index (χ0v) is 11.3. The number of aryl methyl sites for hydroxylation is 1. The van der Waals surface area contributed by atoms with E-state index in [0.29, 0.717) is 18.0 Å². The van der Waals surface area contributed by atoms with Gasteiger partial charge in [0.2, 0.25) is 12.6 Å². The number of carbonyl (C=O) groups is 1. The zero-order valence-electron chi connectivity index (χ0n) is 11.3. The van der Waals surface area contributed by atoms with Crippen LogP contribution in [0.4, 0.5) is 0 Å². The first kappa shape index (κ1) is 12.5. The van der Waals surface area contributed by atoms with Gasteiger partial charge in [0.25, 0.3) is 5.91 Å². The average Bonchev–Trinajstić information content (AvgIpc) is 3.05. The maximum atomic E-state index is 12.1. The summed E-state index contributed by atoms with van der Waals surface area (Å²) in [5.74, 6) is 1.47. The van der Waals surface area contributed by atoms with Crippen LogP contribution < -0.4 is 9.47 Å². The Labute approximate surface area is 115 Å². The minimum atomic E-state index is -0.205. The molecule has 0 N–H and O–H groups in total. The fraction of sp³-hybridized carbons (Fsp3) is 0.286. The van der Waals surface area contributed by atoms with Crippen molar-refractivity contribution in [3.8, 4) is 11.5 Å². The van der Waals surface area contributed by atoms with Gasteiger partial charge in [-0.15, -0.1) is 0 Å². The summed E-state index contributed by atoms with van der Waals surface area (Å²) in [4.78, 5) is 13.7. The maximum absolute atomic E-state index is 12.1. The molecular weight excluding hydrogens is 260 g/mol. The van der Waals surface area contributed by atoms with Crippen molar-refractivity contribution in [1.29, 1.82) is 0 Å². The summed E-state index contributed by atoms with van der Waals surface area (Å²) >= 11 is 0.